The molecule has 0 amide bonds. The first-order valence-electron chi connectivity index (χ1n) is 12.9. The maximum absolute atomic E-state index is 8.51. The summed E-state index contributed by atoms with van der Waals surface area (Å²) in [6.45, 7) is 11.4. The highest BCUT2D eigenvalue weighted by Gasteiger charge is 2.27. The van der Waals surface area contributed by atoms with Gasteiger partial charge < -0.3 is 61.9 Å². The first-order chi connectivity index (χ1) is 19.2. The van der Waals surface area contributed by atoms with Crippen LogP contribution in [0.4, 0.5) is 0 Å². The van der Waals surface area contributed by atoms with E-state index in [4.69, 9.17) is 61.9 Å². The molecule has 0 saturated heterocycles. The van der Waals surface area contributed by atoms with Crippen LogP contribution < -0.4 is 4.74 Å². The Balaban J connectivity index is 1.83. The lowest BCUT2D eigenvalue weighted by Gasteiger charge is -2.33. The van der Waals surface area contributed by atoms with Gasteiger partial charge in [-0.25, -0.2) is 0 Å². The molecule has 0 bridgehead atoms. The average Bonchev–Trinajstić information content (AvgIpc) is 2.90. The van der Waals surface area contributed by atoms with Gasteiger partial charge in [-0.3, -0.25) is 0 Å². The topological polar surface area (TPSA) is 131 Å². The highest BCUT2D eigenvalue weighted by Crippen LogP contribution is 2.36. The number of aliphatic hydroxyl groups excluding tert-OH is 1. The maximum atomic E-state index is 8.51. The molecule has 13 heteroatoms. The van der Waals surface area contributed by atoms with Crippen LogP contribution in [-0.2, 0) is 57.5 Å². The third-order valence-corrected chi connectivity index (χ3v) is 4.82. The van der Waals surface area contributed by atoms with E-state index in [1.54, 1.807) is 0 Å². The molecule has 1 N–H and O–H groups in total. The average molecular weight is 581 g/mol. The molecule has 0 spiro atoms. The molecule has 1 rings (SSSR count). The summed E-state index contributed by atoms with van der Waals surface area (Å²) in [4.78, 5) is 0. The predicted molar refractivity (Wildman–Crippen MR) is 142 cm³/mol. The molecule has 0 saturated carbocycles. The van der Waals surface area contributed by atoms with Crippen LogP contribution in [0.25, 0.3) is 0 Å². The number of hydrogen-bond donors (Lipinski definition) is 1. The van der Waals surface area contributed by atoms with Crippen LogP contribution in [0, 0.1) is 5.41 Å². The fourth-order valence-electron chi connectivity index (χ4n) is 3.59. The van der Waals surface area contributed by atoms with Gasteiger partial charge in [-0.1, -0.05) is 46.8 Å². The van der Waals surface area contributed by atoms with Crippen molar-refractivity contribution in [3.8, 4) is 5.75 Å². The molecule has 0 unspecified atom stereocenters. The van der Waals surface area contributed by atoms with Crippen molar-refractivity contribution in [2.45, 2.75) is 46.5 Å². The predicted octanol–water partition coefficient (Wildman–Crippen LogP) is 3.49. The van der Waals surface area contributed by atoms with E-state index in [9.17, 15) is 0 Å². The molecule has 0 aliphatic rings. The molecule has 0 heterocycles. The van der Waals surface area contributed by atoms with Crippen LogP contribution in [-0.4, -0.2) is 93.0 Å². The van der Waals surface area contributed by atoms with E-state index >= 15 is 0 Å². The summed E-state index contributed by atoms with van der Waals surface area (Å²) in [7, 11) is 0. The van der Waals surface area contributed by atoms with Gasteiger partial charge in [-0.05, 0) is 34.9 Å². The van der Waals surface area contributed by atoms with Crippen molar-refractivity contribution in [3.63, 3.8) is 0 Å². The van der Waals surface area contributed by atoms with E-state index in [2.05, 4.69) is 46.8 Å². The second-order valence-corrected chi connectivity index (χ2v) is 10.3. The van der Waals surface area contributed by atoms with Gasteiger partial charge in [0.25, 0.3) is 0 Å². The standard InChI is InChI=1S/C27H48O13/c1-26(2,3)12-27(4,5)24-6-8-25(9-7-24)40-23-39-22-38-21-37-20-36-19-35-18-34-17-33-16-32-15-31-14-30-13-29-11-10-28/h6-9,28H,10-23H2,1-5H3. The Morgan fingerprint density at radius 2 is 0.850 bits per heavy atom. The molecule has 1 aromatic rings. The minimum Gasteiger partial charge on any atom is -0.467 e. The van der Waals surface area contributed by atoms with Gasteiger partial charge in [-0.2, -0.15) is 0 Å². The fraction of sp³-hybridized carbons (Fsp3) is 0.778. The fourth-order valence-corrected chi connectivity index (χ4v) is 3.59. The molecule has 0 radical (unpaired) electrons. The zero-order valence-corrected chi connectivity index (χ0v) is 24.6. The smallest absolute Gasteiger partial charge is 0.191 e. The summed E-state index contributed by atoms with van der Waals surface area (Å²) in [5.74, 6) is 0.734. The summed E-state index contributed by atoms with van der Waals surface area (Å²) >= 11 is 0. The largest absolute Gasteiger partial charge is 0.467 e. The Kier molecular flexibility index (Phi) is 21.2. The molecule has 40 heavy (non-hydrogen) atoms. The third-order valence-electron chi connectivity index (χ3n) is 4.82. The first-order valence-corrected chi connectivity index (χ1v) is 12.9. The Labute approximate surface area is 237 Å². The molecular formula is C27H48O13. The molecule has 0 fully saturated rings. The summed E-state index contributed by atoms with van der Waals surface area (Å²) in [5, 5.41) is 8.51. The lowest BCUT2D eigenvalue weighted by Crippen LogP contribution is -2.24. The first kappa shape index (κ1) is 36.6. The highest BCUT2D eigenvalue weighted by molar-refractivity contribution is 5.31. The zero-order chi connectivity index (χ0) is 29.4. The number of ether oxygens (including phenoxy) is 12. The van der Waals surface area contributed by atoms with Gasteiger partial charge in [0, 0.05) is 0 Å². The summed E-state index contributed by atoms with van der Waals surface area (Å²) in [6.07, 6.45) is 1.09. The van der Waals surface area contributed by atoms with E-state index in [1.807, 2.05) is 12.1 Å². The van der Waals surface area contributed by atoms with Gasteiger partial charge in [0.15, 0.2) is 67.9 Å². The normalized spacial score (nSPS) is 12.2. The number of benzene rings is 1. The number of rotatable bonds is 27. The SMILES string of the molecule is CC(C)(C)CC(C)(C)c1ccc(OCOCOCOCOCOCOCOCOCOCOCOCCO)cc1. The van der Waals surface area contributed by atoms with Crippen LogP contribution >= 0.6 is 0 Å². The molecule has 0 aliphatic heterocycles. The maximum Gasteiger partial charge on any atom is 0.191 e. The Morgan fingerprint density at radius 3 is 1.20 bits per heavy atom. The van der Waals surface area contributed by atoms with Crippen molar-refractivity contribution in [1.29, 1.82) is 0 Å². The number of aliphatic hydroxyl groups is 1. The van der Waals surface area contributed by atoms with E-state index in [1.165, 1.54) is 5.56 Å². The summed E-state index contributed by atoms with van der Waals surface area (Å²) in [5.41, 5.74) is 1.62. The monoisotopic (exact) mass is 580 g/mol. The lowest BCUT2D eigenvalue weighted by atomic mass is 9.72. The van der Waals surface area contributed by atoms with Gasteiger partial charge in [0.05, 0.1) is 13.2 Å². The minimum absolute atomic E-state index is 0.00101. The van der Waals surface area contributed by atoms with Crippen molar-refractivity contribution in [1.82, 2.24) is 0 Å². The van der Waals surface area contributed by atoms with Gasteiger partial charge >= 0.3 is 0 Å². The van der Waals surface area contributed by atoms with E-state index < -0.39 is 0 Å². The van der Waals surface area contributed by atoms with Gasteiger partial charge in [0.2, 0.25) is 0 Å². The molecule has 13 nitrogen and oxygen atoms in total. The summed E-state index contributed by atoms with van der Waals surface area (Å²) < 4.78 is 61.4. The Hall–Kier alpha value is -1.46. The van der Waals surface area contributed by atoms with Crippen molar-refractivity contribution in [2.24, 2.45) is 5.41 Å². The van der Waals surface area contributed by atoms with Crippen LogP contribution in [0.3, 0.4) is 0 Å². The van der Waals surface area contributed by atoms with Crippen molar-refractivity contribution in [2.75, 3.05) is 87.9 Å². The molecule has 0 atom stereocenters. The highest BCUT2D eigenvalue weighted by atomic mass is 16.8. The van der Waals surface area contributed by atoms with Crippen molar-refractivity contribution < 1.29 is 61.9 Å². The van der Waals surface area contributed by atoms with Crippen LogP contribution in [0.2, 0.25) is 0 Å². The molecule has 0 aliphatic carbocycles. The van der Waals surface area contributed by atoms with Gasteiger partial charge in [0.1, 0.15) is 12.5 Å². The van der Waals surface area contributed by atoms with E-state index in [0.29, 0.717) is 0 Å². The Bertz CT molecular complexity index is 695. The second kappa shape index (κ2) is 23.1. The van der Waals surface area contributed by atoms with Crippen LogP contribution in [0.15, 0.2) is 24.3 Å². The Morgan fingerprint density at radius 1 is 0.500 bits per heavy atom. The van der Waals surface area contributed by atoms with Crippen molar-refractivity contribution >= 4 is 0 Å². The van der Waals surface area contributed by atoms with Crippen molar-refractivity contribution in [3.05, 3.63) is 29.8 Å². The van der Waals surface area contributed by atoms with Crippen LogP contribution in [0.5, 0.6) is 5.75 Å². The minimum atomic E-state index is -0.0589. The number of hydrogen-bond acceptors (Lipinski definition) is 13. The van der Waals surface area contributed by atoms with E-state index in [-0.39, 0.29) is 98.8 Å². The lowest BCUT2D eigenvalue weighted by molar-refractivity contribution is -0.233. The summed E-state index contributed by atoms with van der Waals surface area (Å²) in [6, 6.07) is 8.10. The van der Waals surface area contributed by atoms with Crippen LogP contribution in [0.1, 0.15) is 46.6 Å². The molecule has 1 aromatic carbocycles. The molecular weight excluding hydrogens is 532 g/mol. The second-order valence-electron chi connectivity index (χ2n) is 10.3. The zero-order valence-electron chi connectivity index (χ0n) is 24.6. The molecule has 0 aromatic heterocycles. The van der Waals surface area contributed by atoms with Gasteiger partial charge in [-0.15, -0.1) is 0 Å². The van der Waals surface area contributed by atoms with E-state index in [0.717, 1.165) is 12.2 Å². The molecule has 234 valence electrons. The quantitative estimate of drug-likeness (QED) is 0.120. The third kappa shape index (κ3) is 21.3.